The van der Waals surface area contributed by atoms with Gasteiger partial charge in [-0.25, -0.2) is 0 Å². The molecule has 1 amide bonds. The predicted molar refractivity (Wildman–Crippen MR) is 98.8 cm³/mol. The smallest absolute Gasteiger partial charge is 0.256 e. The number of nitrogens with one attached hydrogen (secondary N) is 1. The molecule has 0 saturated carbocycles. The van der Waals surface area contributed by atoms with Gasteiger partial charge >= 0.3 is 0 Å². The number of halogens is 1. The Balaban J connectivity index is 2.12. The fraction of sp³-hybridized carbons (Fsp3) is 0.125. The molecule has 0 spiro atoms. The number of benzene rings is 2. The third kappa shape index (κ3) is 4.25. The van der Waals surface area contributed by atoms with Gasteiger partial charge in [0.25, 0.3) is 5.91 Å². The van der Waals surface area contributed by atoms with Gasteiger partial charge in [0.1, 0.15) is 0 Å². The van der Waals surface area contributed by atoms with Crippen LogP contribution in [0, 0.1) is 10.5 Å². The molecule has 0 heterocycles. The fourth-order valence-electron chi connectivity index (χ4n) is 1.93. The first-order valence-electron chi connectivity index (χ1n) is 6.41. The largest absolute Gasteiger partial charge is 0.393 e. The summed E-state index contributed by atoms with van der Waals surface area (Å²) in [6, 6.07) is 13.2. The number of amides is 1. The molecular weight excluding hydrogens is 395 g/mol. The van der Waals surface area contributed by atoms with Crippen LogP contribution >= 0.6 is 34.8 Å². The number of hydrogen-bond donors (Lipinski definition) is 2. The lowest BCUT2D eigenvalue weighted by atomic mass is 10.1. The molecule has 2 aromatic rings. The van der Waals surface area contributed by atoms with Gasteiger partial charge in [-0.1, -0.05) is 36.5 Å². The Labute approximate surface area is 143 Å². The van der Waals surface area contributed by atoms with E-state index in [9.17, 15) is 4.79 Å². The Kier molecular flexibility index (Phi) is 5.30. The van der Waals surface area contributed by atoms with Gasteiger partial charge in [-0.3, -0.25) is 4.79 Å². The number of rotatable bonds is 4. The van der Waals surface area contributed by atoms with Crippen molar-refractivity contribution in [1.29, 1.82) is 0 Å². The maximum absolute atomic E-state index is 12.3. The van der Waals surface area contributed by atoms with Crippen molar-refractivity contribution in [2.45, 2.75) is 13.3 Å². The molecule has 0 fully saturated rings. The molecule has 0 atom stereocenters. The quantitative estimate of drug-likeness (QED) is 0.598. The third-order valence-electron chi connectivity index (χ3n) is 3.03. The van der Waals surface area contributed by atoms with Crippen LogP contribution in [0.1, 0.15) is 21.5 Å². The van der Waals surface area contributed by atoms with E-state index in [2.05, 4.69) is 27.9 Å². The highest BCUT2D eigenvalue weighted by Gasteiger charge is 2.11. The maximum atomic E-state index is 12.3. The summed E-state index contributed by atoms with van der Waals surface area (Å²) < 4.78 is 0.970. The molecule has 3 nitrogen and oxygen atoms in total. The van der Waals surface area contributed by atoms with Crippen LogP contribution in [0.5, 0.6) is 0 Å². The van der Waals surface area contributed by atoms with E-state index in [1.54, 1.807) is 0 Å². The molecule has 0 aliphatic carbocycles. The minimum Gasteiger partial charge on any atom is -0.393 e. The number of thiocarbonyl (C=S) groups is 1. The molecular formula is C16H15IN2OS. The van der Waals surface area contributed by atoms with E-state index >= 15 is 0 Å². The monoisotopic (exact) mass is 410 g/mol. The summed E-state index contributed by atoms with van der Waals surface area (Å²) in [6.45, 7) is 1.99. The Morgan fingerprint density at radius 2 is 1.90 bits per heavy atom. The van der Waals surface area contributed by atoms with Gasteiger partial charge < -0.3 is 11.1 Å². The molecule has 0 aliphatic rings. The van der Waals surface area contributed by atoms with Crippen LogP contribution in [0.2, 0.25) is 0 Å². The van der Waals surface area contributed by atoms with Crippen molar-refractivity contribution < 1.29 is 4.79 Å². The molecule has 2 rings (SSSR count). The molecule has 0 radical (unpaired) electrons. The van der Waals surface area contributed by atoms with E-state index in [1.807, 2.05) is 49.4 Å². The minimum atomic E-state index is -0.106. The zero-order valence-corrected chi connectivity index (χ0v) is 14.5. The number of aryl methyl sites for hydroxylation is 1. The topological polar surface area (TPSA) is 55.1 Å². The molecule has 2 aromatic carbocycles. The Morgan fingerprint density at radius 3 is 2.52 bits per heavy atom. The molecule has 5 heteroatoms. The van der Waals surface area contributed by atoms with Crippen LogP contribution < -0.4 is 11.1 Å². The second-order valence-electron chi connectivity index (χ2n) is 4.73. The standard InChI is InChI=1S/C16H15IN2OS/c1-10-3-2-4-13(15(10)17)16(20)19-12-7-5-11(6-8-12)9-14(18)21/h2-8H,9H2,1H3,(H2,18,21)(H,19,20). The van der Waals surface area contributed by atoms with Crippen LogP contribution in [0.25, 0.3) is 0 Å². The van der Waals surface area contributed by atoms with Crippen molar-refractivity contribution in [2.75, 3.05) is 5.32 Å². The lowest BCUT2D eigenvalue weighted by Gasteiger charge is -2.09. The van der Waals surface area contributed by atoms with Gasteiger partial charge in [0.05, 0.1) is 10.6 Å². The number of carbonyl (C=O) groups is 1. The highest BCUT2D eigenvalue weighted by molar-refractivity contribution is 14.1. The molecule has 0 aromatic heterocycles. The van der Waals surface area contributed by atoms with Crippen LogP contribution in [0.4, 0.5) is 5.69 Å². The number of anilines is 1. The van der Waals surface area contributed by atoms with Crippen molar-refractivity contribution in [3.05, 3.63) is 62.7 Å². The second kappa shape index (κ2) is 7.00. The normalized spacial score (nSPS) is 10.2. The van der Waals surface area contributed by atoms with E-state index in [1.165, 1.54) is 0 Å². The molecule has 0 bridgehead atoms. The van der Waals surface area contributed by atoms with Gasteiger partial charge in [-0.2, -0.15) is 0 Å². The Bertz CT molecular complexity index is 683. The van der Waals surface area contributed by atoms with Gasteiger partial charge in [0.2, 0.25) is 0 Å². The van der Waals surface area contributed by atoms with Gasteiger partial charge in [0.15, 0.2) is 0 Å². The Hall–Kier alpha value is -1.47. The zero-order valence-electron chi connectivity index (χ0n) is 11.5. The number of nitrogens with two attached hydrogens (primary N) is 1. The van der Waals surface area contributed by atoms with Crippen molar-refractivity contribution in [3.8, 4) is 0 Å². The first kappa shape index (κ1) is 15.9. The van der Waals surface area contributed by atoms with Crippen molar-refractivity contribution in [3.63, 3.8) is 0 Å². The highest BCUT2D eigenvalue weighted by Crippen LogP contribution is 2.18. The second-order valence-corrected chi connectivity index (χ2v) is 6.33. The zero-order chi connectivity index (χ0) is 15.4. The van der Waals surface area contributed by atoms with E-state index in [0.29, 0.717) is 17.0 Å². The van der Waals surface area contributed by atoms with Gasteiger partial charge in [-0.05, 0) is 58.8 Å². The summed E-state index contributed by atoms with van der Waals surface area (Å²) in [7, 11) is 0. The van der Waals surface area contributed by atoms with Gasteiger partial charge in [-0.15, -0.1) is 0 Å². The van der Waals surface area contributed by atoms with Gasteiger partial charge in [0, 0.05) is 15.7 Å². The minimum absolute atomic E-state index is 0.106. The Morgan fingerprint density at radius 1 is 1.24 bits per heavy atom. The lowest BCUT2D eigenvalue weighted by molar-refractivity contribution is 0.102. The molecule has 0 unspecified atom stereocenters. The molecule has 108 valence electrons. The van der Waals surface area contributed by atoms with Crippen molar-refractivity contribution in [1.82, 2.24) is 0 Å². The maximum Gasteiger partial charge on any atom is 0.256 e. The molecule has 3 N–H and O–H groups in total. The number of carbonyl (C=O) groups excluding carboxylic acids is 1. The summed E-state index contributed by atoms with van der Waals surface area (Å²) in [5, 5.41) is 2.90. The van der Waals surface area contributed by atoms with Crippen LogP contribution in [0.15, 0.2) is 42.5 Å². The molecule has 0 saturated heterocycles. The van der Waals surface area contributed by atoms with E-state index in [0.717, 1.165) is 20.4 Å². The first-order chi connectivity index (χ1) is 9.97. The third-order valence-corrected chi connectivity index (χ3v) is 4.60. The highest BCUT2D eigenvalue weighted by atomic mass is 127. The van der Waals surface area contributed by atoms with Crippen LogP contribution in [-0.2, 0) is 6.42 Å². The predicted octanol–water partition coefficient (Wildman–Crippen LogP) is 3.68. The average Bonchev–Trinajstić information content (AvgIpc) is 2.43. The SMILES string of the molecule is Cc1cccc(C(=O)Nc2ccc(CC(N)=S)cc2)c1I. The molecule has 21 heavy (non-hydrogen) atoms. The van der Waals surface area contributed by atoms with E-state index in [-0.39, 0.29) is 5.91 Å². The lowest BCUT2D eigenvalue weighted by Crippen LogP contribution is -2.14. The van der Waals surface area contributed by atoms with Crippen LogP contribution in [0.3, 0.4) is 0 Å². The van der Waals surface area contributed by atoms with Crippen molar-refractivity contribution in [2.24, 2.45) is 5.73 Å². The van der Waals surface area contributed by atoms with Crippen molar-refractivity contribution >= 4 is 51.4 Å². The first-order valence-corrected chi connectivity index (χ1v) is 7.90. The van der Waals surface area contributed by atoms with E-state index in [4.69, 9.17) is 18.0 Å². The van der Waals surface area contributed by atoms with Crippen LogP contribution in [-0.4, -0.2) is 10.9 Å². The summed E-state index contributed by atoms with van der Waals surface area (Å²) in [4.78, 5) is 12.8. The summed E-state index contributed by atoms with van der Waals surface area (Å²) in [6.07, 6.45) is 0.569. The summed E-state index contributed by atoms with van der Waals surface area (Å²) in [5.74, 6) is -0.106. The van der Waals surface area contributed by atoms with E-state index < -0.39 is 0 Å². The fourth-order valence-corrected chi connectivity index (χ4v) is 2.70. The average molecular weight is 410 g/mol. The number of hydrogen-bond acceptors (Lipinski definition) is 2. The summed E-state index contributed by atoms with van der Waals surface area (Å²) >= 11 is 7.07. The molecule has 0 aliphatic heterocycles. The summed E-state index contributed by atoms with van der Waals surface area (Å²) in [5.41, 5.74) is 9.07.